The highest BCUT2D eigenvalue weighted by atomic mass is 32.2. The van der Waals surface area contributed by atoms with Crippen LogP contribution in [0.3, 0.4) is 0 Å². The van der Waals surface area contributed by atoms with Gasteiger partial charge in [-0.25, -0.2) is 0 Å². The second kappa shape index (κ2) is 6.87. The van der Waals surface area contributed by atoms with E-state index < -0.39 is 0 Å². The molecule has 0 amide bonds. The first kappa shape index (κ1) is 12.7. The van der Waals surface area contributed by atoms with Crippen molar-refractivity contribution in [1.29, 1.82) is 0 Å². The Kier molecular flexibility index (Phi) is 5.46. The van der Waals surface area contributed by atoms with Crippen LogP contribution in [0.2, 0.25) is 0 Å². The number of thioether (sulfide) groups is 1. The van der Waals surface area contributed by atoms with Crippen molar-refractivity contribution in [3.8, 4) is 0 Å². The third kappa shape index (κ3) is 3.64. The highest BCUT2D eigenvalue weighted by molar-refractivity contribution is 8.00. The van der Waals surface area contributed by atoms with Gasteiger partial charge in [0.25, 0.3) is 0 Å². The Morgan fingerprint density at radius 2 is 2.00 bits per heavy atom. The summed E-state index contributed by atoms with van der Waals surface area (Å²) in [7, 11) is 0. The molecule has 0 aromatic heterocycles. The quantitative estimate of drug-likeness (QED) is 0.802. The SMILES string of the molecule is CCCNC1CCCC1SC1CCOCC1. The van der Waals surface area contributed by atoms with E-state index in [1.54, 1.807) is 0 Å². The third-order valence-electron chi connectivity index (χ3n) is 3.64. The van der Waals surface area contributed by atoms with E-state index in [1.165, 1.54) is 45.1 Å². The molecule has 0 radical (unpaired) electrons. The fourth-order valence-corrected chi connectivity index (χ4v) is 4.40. The van der Waals surface area contributed by atoms with Crippen LogP contribution in [0, 0.1) is 0 Å². The highest BCUT2D eigenvalue weighted by Crippen LogP contribution is 2.35. The van der Waals surface area contributed by atoms with Gasteiger partial charge in [0.2, 0.25) is 0 Å². The maximum absolute atomic E-state index is 5.43. The molecule has 0 spiro atoms. The number of hydrogen-bond donors (Lipinski definition) is 1. The Bertz CT molecular complexity index is 194. The Morgan fingerprint density at radius 3 is 2.75 bits per heavy atom. The second-order valence-electron chi connectivity index (χ2n) is 4.98. The molecule has 0 bridgehead atoms. The Morgan fingerprint density at radius 1 is 1.19 bits per heavy atom. The van der Waals surface area contributed by atoms with Crippen LogP contribution in [-0.4, -0.2) is 36.3 Å². The summed E-state index contributed by atoms with van der Waals surface area (Å²) in [6.45, 7) is 5.41. The maximum Gasteiger partial charge on any atom is 0.0476 e. The van der Waals surface area contributed by atoms with Gasteiger partial charge >= 0.3 is 0 Å². The summed E-state index contributed by atoms with van der Waals surface area (Å²) >= 11 is 2.24. The smallest absolute Gasteiger partial charge is 0.0476 e. The van der Waals surface area contributed by atoms with E-state index >= 15 is 0 Å². The lowest BCUT2D eigenvalue weighted by Gasteiger charge is -2.28. The van der Waals surface area contributed by atoms with E-state index in [9.17, 15) is 0 Å². The van der Waals surface area contributed by atoms with Crippen LogP contribution < -0.4 is 5.32 Å². The first-order valence-electron chi connectivity index (χ1n) is 6.86. The van der Waals surface area contributed by atoms with Crippen molar-refractivity contribution in [2.75, 3.05) is 19.8 Å². The molecule has 1 aliphatic heterocycles. The minimum atomic E-state index is 0.785. The van der Waals surface area contributed by atoms with Crippen molar-refractivity contribution in [3.63, 3.8) is 0 Å². The predicted molar refractivity (Wildman–Crippen MR) is 71.2 cm³/mol. The average molecular weight is 243 g/mol. The molecule has 2 fully saturated rings. The number of rotatable bonds is 5. The van der Waals surface area contributed by atoms with Gasteiger partial charge in [-0.15, -0.1) is 0 Å². The zero-order chi connectivity index (χ0) is 11.2. The van der Waals surface area contributed by atoms with Gasteiger partial charge in [0, 0.05) is 29.8 Å². The van der Waals surface area contributed by atoms with E-state index in [0.717, 1.165) is 29.8 Å². The molecule has 1 N–H and O–H groups in total. The third-order valence-corrected chi connectivity index (χ3v) is 5.41. The van der Waals surface area contributed by atoms with Gasteiger partial charge in [-0.2, -0.15) is 11.8 Å². The molecule has 1 saturated carbocycles. The molecule has 1 heterocycles. The fraction of sp³-hybridized carbons (Fsp3) is 1.00. The lowest BCUT2D eigenvalue weighted by atomic mass is 10.2. The monoisotopic (exact) mass is 243 g/mol. The van der Waals surface area contributed by atoms with Crippen LogP contribution in [0.4, 0.5) is 0 Å². The zero-order valence-electron chi connectivity index (χ0n) is 10.4. The highest BCUT2D eigenvalue weighted by Gasteiger charge is 2.29. The summed E-state index contributed by atoms with van der Waals surface area (Å²) in [5, 5.41) is 5.45. The molecule has 2 unspecified atom stereocenters. The van der Waals surface area contributed by atoms with Crippen LogP contribution in [0.1, 0.15) is 45.4 Å². The largest absolute Gasteiger partial charge is 0.381 e. The van der Waals surface area contributed by atoms with Crippen molar-refractivity contribution in [3.05, 3.63) is 0 Å². The molecule has 2 atom stereocenters. The number of hydrogen-bond acceptors (Lipinski definition) is 3. The second-order valence-corrected chi connectivity index (χ2v) is 6.52. The standard InChI is InChI=1S/C13H25NOS/c1-2-8-14-12-4-3-5-13(12)16-11-6-9-15-10-7-11/h11-14H,2-10H2,1H3. The summed E-state index contributed by atoms with van der Waals surface area (Å²) in [4.78, 5) is 0. The zero-order valence-corrected chi connectivity index (χ0v) is 11.2. The molecule has 0 aromatic rings. The molecular weight excluding hydrogens is 218 g/mol. The van der Waals surface area contributed by atoms with Gasteiger partial charge in [0.1, 0.15) is 0 Å². The van der Waals surface area contributed by atoms with E-state index in [1.807, 2.05) is 0 Å². The van der Waals surface area contributed by atoms with Gasteiger partial charge in [-0.3, -0.25) is 0 Å². The molecule has 2 nitrogen and oxygen atoms in total. The Balaban J connectivity index is 1.73. The molecule has 0 aromatic carbocycles. The average Bonchev–Trinajstić information content (AvgIpc) is 2.75. The summed E-state index contributed by atoms with van der Waals surface area (Å²) < 4.78 is 5.43. The van der Waals surface area contributed by atoms with Gasteiger partial charge in [0.05, 0.1) is 0 Å². The molecule has 3 heteroatoms. The van der Waals surface area contributed by atoms with Crippen molar-refractivity contribution in [2.24, 2.45) is 0 Å². The van der Waals surface area contributed by atoms with Crippen molar-refractivity contribution in [2.45, 2.75) is 62.0 Å². The van der Waals surface area contributed by atoms with E-state index in [4.69, 9.17) is 4.74 Å². The minimum absolute atomic E-state index is 0.785. The van der Waals surface area contributed by atoms with Gasteiger partial charge < -0.3 is 10.1 Å². The van der Waals surface area contributed by atoms with E-state index in [2.05, 4.69) is 24.0 Å². The van der Waals surface area contributed by atoms with Crippen LogP contribution in [-0.2, 0) is 4.74 Å². The topological polar surface area (TPSA) is 21.3 Å². The predicted octanol–water partition coefficient (Wildman–Crippen LogP) is 2.82. The lowest BCUT2D eigenvalue weighted by molar-refractivity contribution is 0.0999. The minimum Gasteiger partial charge on any atom is -0.381 e. The maximum atomic E-state index is 5.43. The normalized spacial score (nSPS) is 32.1. The van der Waals surface area contributed by atoms with Crippen LogP contribution in [0.25, 0.3) is 0 Å². The van der Waals surface area contributed by atoms with Crippen LogP contribution >= 0.6 is 11.8 Å². The molecule has 1 saturated heterocycles. The Labute approximate surface area is 104 Å². The molecule has 2 rings (SSSR count). The first-order chi connectivity index (χ1) is 7.90. The van der Waals surface area contributed by atoms with Gasteiger partial charge in [-0.05, 0) is 38.6 Å². The first-order valence-corrected chi connectivity index (χ1v) is 7.81. The molecule has 16 heavy (non-hydrogen) atoms. The Hall–Kier alpha value is 0.270. The summed E-state index contributed by atoms with van der Waals surface area (Å²) in [6.07, 6.45) is 8.01. The van der Waals surface area contributed by atoms with Crippen molar-refractivity contribution in [1.82, 2.24) is 5.32 Å². The lowest BCUT2D eigenvalue weighted by Crippen LogP contribution is -2.36. The molecule has 2 aliphatic rings. The van der Waals surface area contributed by atoms with Gasteiger partial charge in [-0.1, -0.05) is 13.3 Å². The summed E-state index contributed by atoms with van der Waals surface area (Å²) in [6, 6.07) is 0.785. The molecular formula is C13H25NOS. The van der Waals surface area contributed by atoms with Crippen molar-refractivity contribution >= 4 is 11.8 Å². The number of nitrogens with one attached hydrogen (secondary N) is 1. The summed E-state index contributed by atoms with van der Waals surface area (Å²) in [5.74, 6) is 0. The van der Waals surface area contributed by atoms with Gasteiger partial charge in [0.15, 0.2) is 0 Å². The van der Waals surface area contributed by atoms with Crippen molar-refractivity contribution < 1.29 is 4.74 Å². The number of ether oxygens (including phenoxy) is 1. The molecule has 94 valence electrons. The van der Waals surface area contributed by atoms with E-state index in [0.29, 0.717) is 0 Å². The summed E-state index contributed by atoms with van der Waals surface area (Å²) in [5.41, 5.74) is 0. The van der Waals surface area contributed by atoms with E-state index in [-0.39, 0.29) is 0 Å². The van der Waals surface area contributed by atoms with Crippen LogP contribution in [0.5, 0.6) is 0 Å². The van der Waals surface area contributed by atoms with Crippen LogP contribution in [0.15, 0.2) is 0 Å². The molecule has 1 aliphatic carbocycles. The fourth-order valence-electron chi connectivity index (χ4n) is 2.71.